The van der Waals surface area contributed by atoms with Crippen molar-refractivity contribution in [2.45, 2.75) is 38.8 Å². The van der Waals surface area contributed by atoms with Gasteiger partial charge in [0.25, 0.3) is 0 Å². The molecule has 2 fully saturated rings. The van der Waals surface area contributed by atoms with E-state index in [1.54, 1.807) is 0 Å². The van der Waals surface area contributed by atoms with Crippen LogP contribution in [0.4, 0.5) is 0 Å². The molecule has 2 saturated heterocycles. The summed E-state index contributed by atoms with van der Waals surface area (Å²) in [4.78, 5) is 0. The summed E-state index contributed by atoms with van der Waals surface area (Å²) in [6.07, 6.45) is 0. The number of hydrogen-bond acceptors (Lipinski definition) is 2. The monoisotopic (exact) mass is 280 g/mol. The van der Waals surface area contributed by atoms with Crippen LogP contribution in [-0.4, -0.2) is 33.5 Å². The molecule has 2 unspecified atom stereocenters. The molecular weight excluding hydrogens is 259 g/mol. The molecule has 19 heavy (non-hydrogen) atoms. The Morgan fingerprint density at radius 3 is 1.79 bits per heavy atom. The molecule has 0 saturated carbocycles. The van der Waals surface area contributed by atoms with Crippen LogP contribution in [0.15, 0.2) is 30.3 Å². The molecule has 1 aromatic carbocycles. The maximum atomic E-state index is 13.4. The van der Waals surface area contributed by atoms with Crippen LogP contribution in [0.1, 0.15) is 27.7 Å². The van der Waals surface area contributed by atoms with Crippen LogP contribution in [-0.2, 0) is 4.57 Å². The van der Waals surface area contributed by atoms with Gasteiger partial charge >= 0.3 is 7.67 Å². The predicted octanol–water partition coefficient (Wildman–Crippen LogP) is 3.36. The van der Waals surface area contributed by atoms with E-state index in [9.17, 15) is 4.57 Å². The SMILES string of the molecule is CC1(C)CN1P(=O)(Oc1ccccc1)N1CC1(C)C. The van der Waals surface area contributed by atoms with E-state index in [0.29, 0.717) is 5.75 Å². The lowest BCUT2D eigenvalue weighted by molar-refractivity contribution is 0.376. The Morgan fingerprint density at radius 2 is 1.42 bits per heavy atom. The zero-order valence-electron chi connectivity index (χ0n) is 12.0. The average Bonchev–Trinajstić information content (AvgIpc) is 3.16. The highest BCUT2D eigenvalue weighted by atomic mass is 31.2. The lowest BCUT2D eigenvalue weighted by Crippen LogP contribution is -2.19. The summed E-state index contributed by atoms with van der Waals surface area (Å²) in [5, 5.41) is 0. The standard InChI is InChI=1S/C14H21N2O2P/c1-13(2)10-15(13)19(17,16-11-14(16,3)4)18-12-8-6-5-7-9-12/h5-9H,10-11H2,1-4H3. The van der Waals surface area contributed by atoms with Crippen molar-refractivity contribution in [2.24, 2.45) is 0 Å². The molecule has 2 heterocycles. The molecule has 0 radical (unpaired) electrons. The first kappa shape index (κ1) is 13.2. The maximum Gasteiger partial charge on any atom is 0.396 e. The van der Waals surface area contributed by atoms with Gasteiger partial charge < -0.3 is 4.52 Å². The first-order chi connectivity index (χ1) is 8.76. The molecule has 0 aromatic heterocycles. The van der Waals surface area contributed by atoms with Crippen LogP contribution in [0.25, 0.3) is 0 Å². The fourth-order valence-corrected chi connectivity index (χ4v) is 5.64. The summed E-state index contributed by atoms with van der Waals surface area (Å²) < 4.78 is 23.3. The first-order valence-electron chi connectivity index (χ1n) is 6.67. The largest absolute Gasteiger partial charge is 0.422 e. The van der Waals surface area contributed by atoms with Crippen LogP contribution >= 0.6 is 7.67 Å². The van der Waals surface area contributed by atoms with E-state index in [2.05, 4.69) is 27.7 Å². The van der Waals surface area contributed by atoms with Crippen molar-refractivity contribution >= 4 is 7.67 Å². The number of nitrogens with zero attached hydrogens (tertiary/aromatic N) is 2. The van der Waals surface area contributed by atoms with Crippen LogP contribution in [0.5, 0.6) is 5.75 Å². The highest BCUT2D eigenvalue weighted by Gasteiger charge is 2.66. The molecule has 3 rings (SSSR count). The van der Waals surface area contributed by atoms with E-state index in [1.807, 2.05) is 39.7 Å². The minimum absolute atomic E-state index is 0.0248. The third kappa shape index (κ3) is 2.22. The Kier molecular flexibility index (Phi) is 2.66. The van der Waals surface area contributed by atoms with Gasteiger partial charge in [0.2, 0.25) is 0 Å². The Labute approximate surface area is 114 Å². The van der Waals surface area contributed by atoms with Gasteiger partial charge in [-0.2, -0.15) is 0 Å². The molecule has 0 amide bonds. The van der Waals surface area contributed by atoms with Crippen molar-refractivity contribution in [1.29, 1.82) is 0 Å². The normalized spacial score (nSPS) is 33.3. The topological polar surface area (TPSA) is 32.3 Å². The molecule has 2 atom stereocenters. The Hall–Kier alpha value is -0.830. The number of rotatable bonds is 4. The van der Waals surface area contributed by atoms with Gasteiger partial charge in [-0.25, -0.2) is 13.9 Å². The second kappa shape index (κ2) is 3.85. The molecule has 104 valence electrons. The van der Waals surface area contributed by atoms with Gasteiger partial charge in [0, 0.05) is 24.2 Å². The predicted molar refractivity (Wildman–Crippen MR) is 76.2 cm³/mol. The lowest BCUT2D eigenvalue weighted by atomic mass is 10.2. The van der Waals surface area contributed by atoms with Gasteiger partial charge in [-0.1, -0.05) is 18.2 Å². The molecule has 2 aliphatic rings. The molecule has 0 aliphatic carbocycles. The smallest absolute Gasteiger partial charge is 0.396 e. The second-order valence-corrected chi connectivity index (χ2v) is 8.76. The van der Waals surface area contributed by atoms with Crippen LogP contribution in [0, 0.1) is 0 Å². The molecular formula is C14H21N2O2P. The van der Waals surface area contributed by atoms with Crippen LogP contribution in [0.2, 0.25) is 0 Å². The van der Waals surface area contributed by atoms with Crippen LogP contribution < -0.4 is 4.52 Å². The lowest BCUT2D eigenvalue weighted by Gasteiger charge is -2.25. The van der Waals surface area contributed by atoms with Crippen LogP contribution in [0.3, 0.4) is 0 Å². The zero-order valence-corrected chi connectivity index (χ0v) is 12.9. The fourth-order valence-electron chi connectivity index (χ4n) is 2.37. The fraction of sp³-hybridized carbons (Fsp3) is 0.571. The van der Waals surface area contributed by atoms with Gasteiger partial charge in [0.05, 0.1) is 0 Å². The van der Waals surface area contributed by atoms with Gasteiger partial charge in [-0.05, 0) is 39.8 Å². The van der Waals surface area contributed by atoms with Crippen molar-refractivity contribution in [1.82, 2.24) is 9.34 Å². The van der Waals surface area contributed by atoms with E-state index < -0.39 is 7.67 Å². The van der Waals surface area contributed by atoms with Crippen molar-refractivity contribution < 1.29 is 9.09 Å². The number of benzene rings is 1. The van der Waals surface area contributed by atoms with E-state index in [4.69, 9.17) is 4.52 Å². The molecule has 0 N–H and O–H groups in total. The molecule has 0 spiro atoms. The first-order valence-corrected chi connectivity index (χ1v) is 8.20. The minimum Gasteiger partial charge on any atom is -0.422 e. The number of hydrogen-bond donors (Lipinski definition) is 0. The quantitative estimate of drug-likeness (QED) is 0.625. The van der Waals surface area contributed by atoms with Crippen molar-refractivity contribution in [3.8, 4) is 5.75 Å². The van der Waals surface area contributed by atoms with Gasteiger partial charge in [-0.3, -0.25) is 0 Å². The molecule has 0 bridgehead atoms. The van der Waals surface area contributed by atoms with E-state index >= 15 is 0 Å². The summed E-state index contributed by atoms with van der Waals surface area (Å²) in [5.41, 5.74) is -0.0496. The second-order valence-electron chi connectivity index (χ2n) is 6.64. The Bertz CT molecular complexity index is 516. The van der Waals surface area contributed by atoms with Gasteiger partial charge in [0.1, 0.15) is 5.75 Å². The molecule has 4 nitrogen and oxygen atoms in total. The van der Waals surface area contributed by atoms with Gasteiger partial charge in [0.15, 0.2) is 0 Å². The van der Waals surface area contributed by atoms with Crippen molar-refractivity contribution in [3.63, 3.8) is 0 Å². The Morgan fingerprint density at radius 1 is 1.00 bits per heavy atom. The summed E-state index contributed by atoms with van der Waals surface area (Å²) in [7, 11) is -2.94. The van der Waals surface area contributed by atoms with Crippen molar-refractivity contribution in [2.75, 3.05) is 13.1 Å². The van der Waals surface area contributed by atoms with Gasteiger partial charge in [-0.15, -0.1) is 0 Å². The molecule has 5 heteroatoms. The highest BCUT2D eigenvalue weighted by Crippen LogP contribution is 2.69. The third-order valence-corrected chi connectivity index (χ3v) is 6.88. The summed E-state index contributed by atoms with van der Waals surface area (Å²) >= 11 is 0. The van der Waals surface area contributed by atoms with E-state index in [1.165, 1.54) is 0 Å². The summed E-state index contributed by atoms with van der Waals surface area (Å²) in [6, 6.07) is 9.46. The summed E-state index contributed by atoms with van der Waals surface area (Å²) in [5.74, 6) is 0.677. The zero-order chi connectivity index (χ0) is 13.9. The molecule has 1 aromatic rings. The van der Waals surface area contributed by atoms with E-state index in [0.717, 1.165) is 13.1 Å². The molecule has 2 aliphatic heterocycles. The van der Waals surface area contributed by atoms with Crippen molar-refractivity contribution in [3.05, 3.63) is 30.3 Å². The minimum atomic E-state index is -2.94. The van der Waals surface area contributed by atoms with E-state index in [-0.39, 0.29) is 11.1 Å². The summed E-state index contributed by atoms with van der Waals surface area (Å²) in [6.45, 7) is 10.1. The number of para-hydroxylation sites is 1. The third-order valence-electron chi connectivity index (χ3n) is 3.84. The Balaban J connectivity index is 1.88. The average molecular weight is 280 g/mol. The highest BCUT2D eigenvalue weighted by molar-refractivity contribution is 7.55. The maximum absolute atomic E-state index is 13.4.